The number of carbonyl (C=O) groups is 2. The quantitative estimate of drug-likeness (QED) is 0.112. The average molecular weight is 751 g/mol. The summed E-state index contributed by atoms with van der Waals surface area (Å²) in [5, 5.41) is 31.0. The van der Waals surface area contributed by atoms with Crippen LogP contribution in [0.2, 0.25) is 5.02 Å². The van der Waals surface area contributed by atoms with Crippen LogP contribution in [0, 0.1) is 23.0 Å². The molecule has 0 aliphatic carbocycles. The Balaban J connectivity index is 1.36. The van der Waals surface area contributed by atoms with Crippen LogP contribution < -0.4 is 14.8 Å². The van der Waals surface area contributed by atoms with Crippen LogP contribution in [0.1, 0.15) is 47.7 Å². The van der Waals surface area contributed by atoms with Crippen LogP contribution in [-0.4, -0.2) is 52.6 Å². The minimum absolute atomic E-state index is 0.0163. The number of nitrogens with zero attached hydrogens (tertiary/aromatic N) is 6. The zero-order valence-electron chi connectivity index (χ0n) is 28.6. The van der Waals surface area contributed by atoms with Crippen LogP contribution in [-0.2, 0) is 33.0 Å². The van der Waals surface area contributed by atoms with Gasteiger partial charge < -0.3 is 19.9 Å². The van der Waals surface area contributed by atoms with Crippen LogP contribution in [0.4, 0.5) is 19.3 Å². The number of aliphatic hydroxyl groups is 1. The van der Waals surface area contributed by atoms with E-state index in [-0.39, 0.29) is 25.3 Å². The van der Waals surface area contributed by atoms with Gasteiger partial charge in [-0.1, -0.05) is 36.7 Å². The van der Waals surface area contributed by atoms with E-state index in [1.165, 1.54) is 45.2 Å². The third-order valence-corrected chi connectivity index (χ3v) is 9.66. The number of hydrogen-bond donors (Lipinski definition) is 2. The smallest absolute Gasteiger partial charge is 0.416 e. The zero-order chi connectivity index (χ0) is 37.6. The van der Waals surface area contributed by atoms with E-state index in [0.29, 0.717) is 32.5 Å². The van der Waals surface area contributed by atoms with E-state index in [0.717, 1.165) is 23.8 Å². The molecular formula is C36H35ClF2N7O5S+. The first-order valence-corrected chi connectivity index (χ1v) is 17.2. The Morgan fingerprint density at radius 1 is 1.17 bits per heavy atom. The molecule has 5 rings (SSSR count). The largest absolute Gasteiger partial charge is 0.460 e. The van der Waals surface area contributed by atoms with Crippen molar-refractivity contribution in [3.63, 3.8) is 0 Å². The number of anilines is 1. The highest BCUT2D eigenvalue weighted by molar-refractivity contribution is 7.10. The highest BCUT2D eigenvalue weighted by Crippen LogP contribution is 2.41. The molecule has 16 heteroatoms. The second kappa shape index (κ2) is 16.4. The molecule has 3 aromatic carbocycles. The summed E-state index contributed by atoms with van der Waals surface area (Å²) >= 11 is 7.45. The number of thiazole rings is 1. The second-order valence-electron chi connectivity index (χ2n) is 11.9. The molecular weight excluding hydrogens is 716 g/mol. The number of halogens is 3. The number of ether oxygens (including phenoxy) is 2. The van der Waals surface area contributed by atoms with Gasteiger partial charge in [-0.25, -0.2) is 18.6 Å². The van der Waals surface area contributed by atoms with Crippen molar-refractivity contribution >= 4 is 40.7 Å². The van der Waals surface area contributed by atoms with E-state index in [1.54, 1.807) is 68.7 Å². The lowest BCUT2D eigenvalue weighted by Crippen LogP contribution is -2.42. The number of likely N-dealkylation sites (N-methyl/N-ethyl adjacent to an activating group) is 1. The fourth-order valence-electron chi connectivity index (χ4n) is 5.39. The maximum Gasteiger partial charge on any atom is 0.416 e. The second-order valence-corrected chi connectivity index (χ2v) is 13.3. The fourth-order valence-corrected chi connectivity index (χ4v) is 6.53. The minimum Gasteiger partial charge on any atom is -0.460 e. The monoisotopic (exact) mass is 750 g/mol. The molecule has 0 aliphatic heterocycles. The number of nitriles is 1. The Hall–Kier alpha value is -5.27. The first kappa shape index (κ1) is 38.0. The van der Waals surface area contributed by atoms with Crippen LogP contribution in [0.3, 0.4) is 0 Å². The Morgan fingerprint density at radius 2 is 1.92 bits per heavy atom. The third-order valence-electron chi connectivity index (χ3n) is 8.40. The SMILES string of the molecule is CNCC(=O)OCc1ccc(Cl)cc1N(C)C(=O)OC(C)[n+]1cnn(C[C@](O)(c2cc(F)ccc2F)[C@@H](C)c2nc(-c3ccc(C#N)cc3)cs2)c1. The van der Waals surface area contributed by atoms with E-state index in [9.17, 15) is 19.1 Å². The van der Waals surface area contributed by atoms with Gasteiger partial charge in [0.05, 0.1) is 34.6 Å². The summed E-state index contributed by atoms with van der Waals surface area (Å²) in [4.78, 5) is 31.1. The van der Waals surface area contributed by atoms with Crippen molar-refractivity contribution in [3.8, 4) is 17.3 Å². The summed E-state index contributed by atoms with van der Waals surface area (Å²) in [6.07, 6.45) is 1.16. The lowest BCUT2D eigenvalue weighted by molar-refractivity contribution is -0.753. The number of benzene rings is 3. The van der Waals surface area contributed by atoms with Gasteiger partial charge in [0.1, 0.15) is 30.4 Å². The van der Waals surface area contributed by atoms with Crippen LogP contribution >= 0.6 is 22.9 Å². The normalized spacial score (nSPS) is 13.4. The van der Waals surface area contributed by atoms with Gasteiger partial charge in [-0.3, -0.25) is 9.69 Å². The standard InChI is InChI=1S/C36H35ClF2N7O5S/c1-22(34-43-31(18-52-34)25-7-5-24(15-40)6-8-25)36(49,29-14-28(38)11-12-30(29)39)19-46-21-45(20-42-46)23(2)51-35(48)44(4)32-13-27(37)10-9-26(32)17-50-33(47)16-41-3/h5-14,18,20-23,41,49H,16-17,19H2,1-4H3/q+1/t22-,23?,36+/m0/s1. The molecule has 52 heavy (non-hydrogen) atoms. The van der Waals surface area contributed by atoms with Crippen molar-refractivity contribution in [3.05, 3.63) is 117 Å². The molecule has 0 saturated carbocycles. The average Bonchev–Trinajstić information content (AvgIpc) is 3.82. The van der Waals surface area contributed by atoms with Crippen molar-refractivity contribution in [2.75, 3.05) is 25.5 Å². The van der Waals surface area contributed by atoms with Crippen molar-refractivity contribution in [1.29, 1.82) is 5.26 Å². The van der Waals surface area contributed by atoms with Crippen molar-refractivity contribution in [1.82, 2.24) is 20.1 Å². The van der Waals surface area contributed by atoms with E-state index < -0.39 is 41.4 Å². The number of rotatable bonds is 13. The van der Waals surface area contributed by atoms with Crippen LogP contribution in [0.25, 0.3) is 11.3 Å². The first-order valence-electron chi connectivity index (χ1n) is 15.9. The molecule has 2 aromatic heterocycles. The van der Waals surface area contributed by atoms with Crippen LogP contribution in [0.5, 0.6) is 0 Å². The predicted molar refractivity (Wildman–Crippen MR) is 188 cm³/mol. The van der Waals surface area contributed by atoms with Gasteiger partial charge in [0.25, 0.3) is 6.33 Å². The van der Waals surface area contributed by atoms with E-state index in [4.69, 9.17) is 31.3 Å². The van der Waals surface area contributed by atoms with Gasteiger partial charge in [-0.15, -0.1) is 16.0 Å². The molecule has 0 spiro atoms. The molecule has 5 aromatic rings. The fraction of sp³-hybridized carbons (Fsp3) is 0.278. The summed E-state index contributed by atoms with van der Waals surface area (Å²) in [7, 11) is 3.10. The molecule has 270 valence electrons. The molecule has 3 atom stereocenters. The number of carbonyl (C=O) groups excluding carboxylic acids is 2. The van der Waals surface area contributed by atoms with E-state index in [1.807, 2.05) is 0 Å². The van der Waals surface area contributed by atoms with Crippen molar-refractivity contribution < 1.29 is 37.5 Å². The summed E-state index contributed by atoms with van der Waals surface area (Å²) in [6, 6.07) is 16.6. The topological polar surface area (TPSA) is 146 Å². The summed E-state index contributed by atoms with van der Waals surface area (Å²) in [5.74, 6) is -2.88. The Kier molecular flexibility index (Phi) is 12.0. The lowest BCUT2D eigenvalue weighted by Gasteiger charge is -2.32. The predicted octanol–water partition coefficient (Wildman–Crippen LogP) is 5.84. The van der Waals surface area contributed by atoms with Gasteiger partial charge >= 0.3 is 12.1 Å². The van der Waals surface area contributed by atoms with Gasteiger partial charge in [-0.05, 0) is 49.5 Å². The molecule has 1 unspecified atom stereocenters. The highest BCUT2D eigenvalue weighted by Gasteiger charge is 2.43. The molecule has 12 nitrogen and oxygen atoms in total. The number of amides is 1. The number of hydrogen-bond acceptors (Lipinski definition) is 10. The maximum atomic E-state index is 15.4. The molecule has 0 saturated heterocycles. The molecule has 0 bridgehead atoms. The van der Waals surface area contributed by atoms with Crippen molar-refractivity contribution in [2.45, 2.75) is 44.7 Å². The van der Waals surface area contributed by atoms with E-state index in [2.05, 4.69) is 16.5 Å². The molecule has 2 heterocycles. The molecule has 0 aliphatic rings. The summed E-state index contributed by atoms with van der Waals surface area (Å²) in [6.45, 7) is 2.84. The summed E-state index contributed by atoms with van der Waals surface area (Å²) in [5.41, 5.74) is 0.382. The summed E-state index contributed by atoms with van der Waals surface area (Å²) < 4.78 is 43.6. The van der Waals surface area contributed by atoms with Gasteiger partial charge in [0.2, 0.25) is 12.6 Å². The van der Waals surface area contributed by atoms with Crippen LogP contribution in [0.15, 0.2) is 78.7 Å². The first-order chi connectivity index (χ1) is 24.8. The Labute approximate surface area is 307 Å². The zero-order valence-corrected chi connectivity index (χ0v) is 30.2. The molecule has 2 N–H and O–H groups in total. The van der Waals surface area contributed by atoms with E-state index >= 15 is 4.39 Å². The number of aromatic nitrogens is 4. The number of nitrogens with one attached hydrogen (secondary N) is 1. The third kappa shape index (κ3) is 8.60. The van der Waals surface area contributed by atoms with Gasteiger partial charge in [0.15, 0.2) is 0 Å². The Morgan fingerprint density at radius 3 is 2.63 bits per heavy atom. The number of esters is 1. The highest BCUT2D eigenvalue weighted by atomic mass is 35.5. The maximum absolute atomic E-state index is 15.4. The minimum atomic E-state index is -2.05. The Bertz CT molecular complexity index is 2110. The van der Waals surface area contributed by atoms with Crippen molar-refractivity contribution in [2.24, 2.45) is 0 Å². The molecule has 0 fully saturated rings. The molecule has 1 amide bonds. The molecule has 0 radical (unpaired) electrons. The lowest BCUT2D eigenvalue weighted by atomic mass is 9.82. The van der Waals surface area contributed by atoms with Gasteiger partial charge in [-0.2, -0.15) is 9.83 Å². The van der Waals surface area contributed by atoms with Gasteiger partial charge in [0, 0.05) is 52.1 Å².